The molecule has 0 aliphatic heterocycles. The lowest BCUT2D eigenvalue weighted by Gasteiger charge is -2.18. The van der Waals surface area contributed by atoms with Crippen LogP contribution in [0.25, 0.3) is 0 Å². The maximum atomic E-state index is 12.8. The maximum Gasteiger partial charge on any atom is 0.306 e. The number of carbonyl (C=O) groups is 2. The van der Waals surface area contributed by atoms with Gasteiger partial charge in [0, 0.05) is 19.4 Å². The first-order chi connectivity index (χ1) is 30.6. The molecule has 5 heteroatoms. The van der Waals surface area contributed by atoms with Crippen LogP contribution in [0.3, 0.4) is 0 Å². The Morgan fingerprint density at radius 2 is 0.726 bits per heavy atom. The van der Waals surface area contributed by atoms with Gasteiger partial charge in [-0.25, -0.2) is 0 Å². The van der Waals surface area contributed by atoms with Crippen LogP contribution in [-0.4, -0.2) is 37.9 Å². The van der Waals surface area contributed by atoms with Crippen molar-refractivity contribution in [1.29, 1.82) is 0 Å². The summed E-state index contributed by atoms with van der Waals surface area (Å²) in [5.74, 6) is -0.424. The zero-order chi connectivity index (χ0) is 44.9. The maximum absolute atomic E-state index is 12.8. The summed E-state index contributed by atoms with van der Waals surface area (Å²) in [4.78, 5) is 25.4. The largest absolute Gasteiger partial charge is 0.462 e. The Balaban J connectivity index is 4.26. The van der Waals surface area contributed by atoms with Gasteiger partial charge in [-0.1, -0.05) is 236 Å². The Labute approximate surface area is 386 Å². The van der Waals surface area contributed by atoms with E-state index in [0.29, 0.717) is 19.4 Å². The van der Waals surface area contributed by atoms with Crippen LogP contribution in [-0.2, 0) is 23.8 Å². The molecule has 0 aromatic rings. The number of hydrogen-bond donors (Lipinski definition) is 0. The van der Waals surface area contributed by atoms with Crippen LogP contribution in [0, 0.1) is 0 Å². The SMILES string of the molecule is CC/C=C\C/C=C\C/C=C\CCCCCC(=O)OC(COCCCCCCCCCCCCCCCCCC)COC(=O)CCCCCCCCC/C=C\CCCCCCCC. The molecule has 0 saturated carbocycles. The highest BCUT2D eigenvalue weighted by molar-refractivity contribution is 5.70. The molecule has 0 aromatic heterocycles. The van der Waals surface area contributed by atoms with Crippen LogP contribution < -0.4 is 0 Å². The molecule has 0 bridgehead atoms. The van der Waals surface area contributed by atoms with Crippen molar-refractivity contribution in [2.45, 2.75) is 284 Å². The number of unbranched alkanes of at least 4 members (excludes halogenated alkanes) is 31. The third-order valence-corrected chi connectivity index (χ3v) is 11.8. The van der Waals surface area contributed by atoms with E-state index in [1.807, 2.05) is 0 Å². The predicted molar refractivity (Wildman–Crippen MR) is 270 cm³/mol. The lowest BCUT2D eigenvalue weighted by atomic mass is 10.0. The number of allylic oxidation sites excluding steroid dienone is 8. The van der Waals surface area contributed by atoms with Crippen LogP contribution in [0.5, 0.6) is 0 Å². The third-order valence-electron chi connectivity index (χ3n) is 11.8. The van der Waals surface area contributed by atoms with Crippen LogP contribution in [0.2, 0.25) is 0 Å². The average Bonchev–Trinajstić information content (AvgIpc) is 3.27. The molecule has 0 radical (unpaired) electrons. The Kier molecular flexibility index (Phi) is 51.4. The van der Waals surface area contributed by atoms with Crippen molar-refractivity contribution in [3.8, 4) is 0 Å². The van der Waals surface area contributed by atoms with Crippen molar-refractivity contribution in [1.82, 2.24) is 0 Å². The Bertz CT molecular complexity index is 1030. The molecule has 0 aliphatic rings. The van der Waals surface area contributed by atoms with E-state index in [2.05, 4.69) is 69.4 Å². The van der Waals surface area contributed by atoms with Crippen molar-refractivity contribution in [2.75, 3.05) is 19.8 Å². The van der Waals surface area contributed by atoms with E-state index in [-0.39, 0.29) is 25.2 Å². The first-order valence-electron chi connectivity index (χ1n) is 27.2. The van der Waals surface area contributed by atoms with E-state index in [1.165, 1.54) is 173 Å². The summed E-state index contributed by atoms with van der Waals surface area (Å²) in [6.07, 6.45) is 65.5. The molecule has 0 aliphatic carbocycles. The molecule has 0 heterocycles. The first-order valence-corrected chi connectivity index (χ1v) is 27.2. The first kappa shape index (κ1) is 59.9. The van der Waals surface area contributed by atoms with Crippen LogP contribution >= 0.6 is 0 Å². The summed E-state index contributed by atoms with van der Waals surface area (Å²) in [6.45, 7) is 7.72. The van der Waals surface area contributed by atoms with E-state index in [0.717, 1.165) is 70.6 Å². The number of ether oxygens (including phenoxy) is 3. The third kappa shape index (κ3) is 50.5. The standard InChI is InChI=1S/C57H104O5/c1-4-7-10-13-16-19-22-25-27-29-30-33-35-38-41-44-47-50-56(58)61-54-55(62-57(59)51-48-45-42-39-36-32-24-21-18-15-12-9-6-3)53-60-52-49-46-43-40-37-34-31-28-26-23-20-17-14-11-8-5-2/h9,12,18,21,25,27,32,36,55H,4-8,10-11,13-17,19-20,22-24,26,28-31,33-35,37-54H2,1-3H3/b12-9-,21-18-,27-25-,36-32-. The second-order valence-corrected chi connectivity index (χ2v) is 18.1. The summed E-state index contributed by atoms with van der Waals surface area (Å²) < 4.78 is 17.4. The molecule has 0 rings (SSSR count). The van der Waals surface area contributed by atoms with Gasteiger partial charge >= 0.3 is 11.9 Å². The van der Waals surface area contributed by atoms with Gasteiger partial charge in [0.2, 0.25) is 0 Å². The summed E-state index contributed by atoms with van der Waals surface area (Å²) in [7, 11) is 0. The molecule has 0 spiro atoms. The molecule has 0 N–H and O–H groups in total. The Morgan fingerprint density at radius 3 is 1.19 bits per heavy atom. The molecular formula is C57H104O5. The summed E-state index contributed by atoms with van der Waals surface area (Å²) in [5, 5.41) is 0. The van der Waals surface area contributed by atoms with Gasteiger partial charge in [0.15, 0.2) is 6.10 Å². The fourth-order valence-electron chi connectivity index (χ4n) is 7.81. The monoisotopic (exact) mass is 869 g/mol. The zero-order valence-electron chi connectivity index (χ0n) is 41.6. The molecule has 362 valence electrons. The van der Waals surface area contributed by atoms with Gasteiger partial charge in [-0.3, -0.25) is 9.59 Å². The summed E-state index contributed by atoms with van der Waals surface area (Å²) in [5.41, 5.74) is 0. The summed E-state index contributed by atoms with van der Waals surface area (Å²) in [6, 6.07) is 0. The lowest BCUT2D eigenvalue weighted by Crippen LogP contribution is -2.30. The zero-order valence-corrected chi connectivity index (χ0v) is 41.6. The molecule has 1 unspecified atom stereocenters. The molecule has 1 atom stereocenters. The molecule has 62 heavy (non-hydrogen) atoms. The van der Waals surface area contributed by atoms with E-state index in [9.17, 15) is 9.59 Å². The molecule has 0 amide bonds. The average molecular weight is 869 g/mol. The van der Waals surface area contributed by atoms with Gasteiger partial charge in [0.1, 0.15) is 6.61 Å². The molecular weight excluding hydrogens is 765 g/mol. The normalized spacial score (nSPS) is 12.5. The van der Waals surface area contributed by atoms with Crippen molar-refractivity contribution in [3.05, 3.63) is 48.6 Å². The Morgan fingerprint density at radius 1 is 0.371 bits per heavy atom. The van der Waals surface area contributed by atoms with Crippen LogP contribution in [0.15, 0.2) is 48.6 Å². The molecule has 0 fully saturated rings. The minimum absolute atomic E-state index is 0.0745. The fraction of sp³-hybridized carbons (Fsp3) is 0.825. The van der Waals surface area contributed by atoms with Crippen molar-refractivity contribution >= 4 is 11.9 Å². The summed E-state index contributed by atoms with van der Waals surface area (Å²) >= 11 is 0. The van der Waals surface area contributed by atoms with Crippen molar-refractivity contribution in [2.24, 2.45) is 0 Å². The van der Waals surface area contributed by atoms with Crippen LogP contribution in [0.4, 0.5) is 0 Å². The smallest absolute Gasteiger partial charge is 0.306 e. The topological polar surface area (TPSA) is 61.8 Å². The highest BCUT2D eigenvalue weighted by Gasteiger charge is 2.17. The van der Waals surface area contributed by atoms with E-state index < -0.39 is 6.10 Å². The van der Waals surface area contributed by atoms with Crippen LogP contribution in [0.1, 0.15) is 278 Å². The second kappa shape index (κ2) is 53.2. The fourth-order valence-corrected chi connectivity index (χ4v) is 7.81. The number of carbonyl (C=O) groups excluding carboxylic acids is 2. The molecule has 5 nitrogen and oxygen atoms in total. The van der Waals surface area contributed by atoms with E-state index in [1.54, 1.807) is 0 Å². The second-order valence-electron chi connectivity index (χ2n) is 18.1. The number of rotatable bonds is 50. The van der Waals surface area contributed by atoms with Crippen molar-refractivity contribution in [3.63, 3.8) is 0 Å². The predicted octanol–water partition coefficient (Wildman–Crippen LogP) is 18.3. The highest BCUT2D eigenvalue weighted by atomic mass is 16.6. The minimum atomic E-state index is -0.550. The van der Waals surface area contributed by atoms with E-state index >= 15 is 0 Å². The molecule has 0 aromatic carbocycles. The van der Waals surface area contributed by atoms with Gasteiger partial charge < -0.3 is 14.2 Å². The van der Waals surface area contributed by atoms with Gasteiger partial charge in [-0.05, 0) is 77.0 Å². The highest BCUT2D eigenvalue weighted by Crippen LogP contribution is 2.15. The number of hydrogen-bond acceptors (Lipinski definition) is 5. The quantitative estimate of drug-likeness (QED) is 0.0346. The van der Waals surface area contributed by atoms with E-state index in [4.69, 9.17) is 14.2 Å². The number of esters is 2. The Hall–Kier alpha value is -2.14. The van der Waals surface area contributed by atoms with Gasteiger partial charge in [-0.2, -0.15) is 0 Å². The lowest BCUT2D eigenvalue weighted by molar-refractivity contribution is -0.163. The van der Waals surface area contributed by atoms with Crippen molar-refractivity contribution < 1.29 is 23.8 Å². The minimum Gasteiger partial charge on any atom is -0.462 e. The van der Waals surface area contributed by atoms with Gasteiger partial charge in [0.05, 0.1) is 6.61 Å². The molecule has 0 saturated heterocycles. The van der Waals surface area contributed by atoms with Gasteiger partial charge in [0.25, 0.3) is 0 Å². The van der Waals surface area contributed by atoms with Gasteiger partial charge in [-0.15, -0.1) is 0 Å².